The van der Waals surface area contributed by atoms with Gasteiger partial charge in [-0.3, -0.25) is 10.1 Å². The number of nitro groups is 1. The lowest BCUT2D eigenvalue weighted by Crippen LogP contribution is -2.39. The maximum Gasteiger partial charge on any atom is 0.288 e. The van der Waals surface area contributed by atoms with Crippen molar-refractivity contribution in [3.05, 3.63) is 38.9 Å². The minimum absolute atomic E-state index is 0.0187. The van der Waals surface area contributed by atoms with Gasteiger partial charge in [-0.2, -0.15) is 0 Å². The summed E-state index contributed by atoms with van der Waals surface area (Å²) in [5.74, 6) is 0. The lowest BCUT2D eigenvalue weighted by molar-refractivity contribution is -0.384. The summed E-state index contributed by atoms with van der Waals surface area (Å²) in [5.41, 5.74) is 1.34. The summed E-state index contributed by atoms with van der Waals surface area (Å²) >= 11 is 5.79. The van der Waals surface area contributed by atoms with E-state index in [1.165, 1.54) is 25.7 Å². The van der Waals surface area contributed by atoms with E-state index in [1.54, 1.807) is 12.1 Å². The molecule has 0 radical (unpaired) electrons. The van der Waals surface area contributed by atoms with Gasteiger partial charge in [-0.15, -0.1) is 0 Å². The monoisotopic (exact) mass is 282 g/mol. The zero-order valence-corrected chi connectivity index (χ0v) is 11.9. The standard InChI is InChI=1S/C14H19ClN2O2/c1-2-14(6-3-7-14)10-16-9-11-4-5-12(15)13(8-11)17(18)19/h4-5,8,16H,2-3,6-7,9-10H2,1H3. The Morgan fingerprint density at radius 2 is 2.21 bits per heavy atom. The maximum atomic E-state index is 10.8. The molecule has 0 bridgehead atoms. The molecule has 0 aromatic heterocycles. The first-order chi connectivity index (χ1) is 9.06. The molecule has 5 heteroatoms. The number of benzene rings is 1. The molecule has 0 aliphatic heterocycles. The molecule has 19 heavy (non-hydrogen) atoms. The Morgan fingerprint density at radius 1 is 1.47 bits per heavy atom. The lowest BCUT2D eigenvalue weighted by atomic mass is 9.67. The van der Waals surface area contributed by atoms with Gasteiger partial charge in [0.05, 0.1) is 4.92 Å². The van der Waals surface area contributed by atoms with E-state index in [4.69, 9.17) is 11.6 Å². The van der Waals surface area contributed by atoms with Crippen LogP contribution in [0, 0.1) is 15.5 Å². The second-order valence-corrected chi connectivity index (χ2v) is 5.76. The molecular weight excluding hydrogens is 264 g/mol. The number of halogens is 1. The van der Waals surface area contributed by atoms with Crippen LogP contribution in [0.2, 0.25) is 5.02 Å². The second-order valence-electron chi connectivity index (χ2n) is 5.35. The van der Waals surface area contributed by atoms with Gasteiger partial charge in [0.25, 0.3) is 5.69 Å². The van der Waals surface area contributed by atoms with Gasteiger partial charge in [0.1, 0.15) is 5.02 Å². The Bertz CT molecular complexity index is 467. The summed E-state index contributed by atoms with van der Waals surface area (Å²) in [5, 5.41) is 14.4. The molecule has 1 aliphatic rings. The van der Waals surface area contributed by atoms with Crippen LogP contribution >= 0.6 is 11.6 Å². The van der Waals surface area contributed by atoms with Crippen molar-refractivity contribution in [1.82, 2.24) is 5.32 Å². The minimum Gasteiger partial charge on any atom is -0.312 e. The van der Waals surface area contributed by atoms with Gasteiger partial charge in [-0.05, 0) is 36.3 Å². The fourth-order valence-corrected chi connectivity index (χ4v) is 2.80. The SMILES string of the molecule is CCC1(CNCc2ccc(Cl)c([N+](=O)[O-])c2)CCC1. The van der Waals surface area contributed by atoms with Crippen molar-refractivity contribution in [2.24, 2.45) is 5.41 Å². The van der Waals surface area contributed by atoms with E-state index in [9.17, 15) is 10.1 Å². The van der Waals surface area contributed by atoms with E-state index in [0.29, 0.717) is 12.0 Å². The molecule has 1 saturated carbocycles. The van der Waals surface area contributed by atoms with Crippen LogP contribution in [0.4, 0.5) is 5.69 Å². The molecule has 0 heterocycles. The van der Waals surface area contributed by atoms with E-state index < -0.39 is 4.92 Å². The predicted octanol–water partition coefficient (Wildman–Crippen LogP) is 3.92. The Hall–Kier alpha value is -1.13. The Labute approximate surface area is 118 Å². The minimum atomic E-state index is -0.439. The molecule has 104 valence electrons. The Morgan fingerprint density at radius 3 is 2.74 bits per heavy atom. The van der Waals surface area contributed by atoms with E-state index in [2.05, 4.69) is 12.2 Å². The number of rotatable bonds is 6. The molecule has 0 amide bonds. The zero-order chi connectivity index (χ0) is 13.9. The molecule has 1 aromatic rings. The fourth-order valence-electron chi connectivity index (χ4n) is 2.61. The van der Waals surface area contributed by atoms with E-state index in [-0.39, 0.29) is 10.7 Å². The van der Waals surface area contributed by atoms with Crippen molar-refractivity contribution in [1.29, 1.82) is 0 Å². The molecule has 0 unspecified atom stereocenters. The highest BCUT2D eigenvalue weighted by atomic mass is 35.5. The van der Waals surface area contributed by atoms with Crippen LogP contribution in [-0.4, -0.2) is 11.5 Å². The van der Waals surface area contributed by atoms with Crippen LogP contribution in [0.15, 0.2) is 18.2 Å². The van der Waals surface area contributed by atoms with Crippen molar-refractivity contribution in [3.63, 3.8) is 0 Å². The van der Waals surface area contributed by atoms with Crippen molar-refractivity contribution >= 4 is 17.3 Å². The number of nitrogens with zero attached hydrogens (tertiary/aromatic N) is 1. The van der Waals surface area contributed by atoms with Crippen molar-refractivity contribution in [2.45, 2.75) is 39.2 Å². The summed E-state index contributed by atoms with van der Waals surface area (Å²) in [6, 6.07) is 4.98. The van der Waals surface area contributed by atoms with Crippen molar-refractivity contribution in [2.75, 3.05) is 6.54 Å². The van der Waals surface area contributed by atoms with Gasteiger partial charge >= 0.3 is 0 Å². The molecule has 1 N–H and O–H groups in total. The lowest BCUT2D eigenvalue weighted by Gasteiger charge is -2.41. The van der Waals surface area contributed by atoms with E-state index in [0.717, 1.165) is 12.1 Å². The molecule has 0 spiro atoms. The zero-order valence-electron chi connectivity index (χ0n) is 11.1. The summed E-state index contributed by atoms with van der Waals surface area (Å²) in [6.07, 6.45) is 5.09. The summed E-state index contributed by atoms with van der Waals surface area (Å²) in [7, 11) is 0. The van der Waals surface area contributed by atoms with Crippen LogP contribution in [0.25, 0.3) is 0 Å². The van der Waals surface area contributed by atoms with Gasteiger partial charge in [0.15, 0.2) is 0 Å². The van der Waals surface area contributed by atoms with Crippen LogP contribution in [0.3, 0.4) is 0 Å². The van der Waals surface area contributed by atoms with Crippen molar-refractivity contribution < 1.29 is 4.92 Å². The van der Waals surface area contributed by atoms with Gasteiger partial charge < -0.3 is 5.32 Å². The average Bonchev–Trinajstić information content (AvgIpc) is 2.34. The molecule has 0 atom stereocenters. The maximum absolute atomic E-state index is 10.8. The molecule has 1 fully saturated rings. The summed E-state index contributed by atoms with van der Waals surface area (Å²) in [6.45, 7) is 3.87. The van der Waals surface area contributed by atoms with Crippen LogP contribution in [-0.2, 0) is 6.54 Å². The van der Waals surface area contributed by atoms with Crippen molar-refractivity contribution in [3.8, 4) is 0 Å². The highest BCUT2D eigenvalue weighted by Gasteiger charge is 2.34. The van der Waals surface area contributed by atoms with Gasteiger partial charge in [0.2, 0.25) is 0 Å². The summed E-state index contributed by atoms with van der Waals surface area (Å²) in [4.78, 5) is 10.4. The van der Waals surface area contributed by atoms with Crippen LogP contribution in [0.1, 0.15) is 38.2 Å². The first kappa shape index (κ1) is 14.3. The molecule has 0 saturated heterocycles. The smallest absolute Gasteiger partial charge is 0.288 e. The Kier molecular flexibility index (Phi) is 4.42. The quantitative estimate of drug-likeness (QED) is 0.635. The number of nitrogens with one attached hydrogen (secondary N) is 1. The van der Waals surface area contributed by atoms with Crippen LogP contribution in [0.5, 0.6) is 0 Å². The normalized spacial score (nSPS) is 16.9. The number of hydrogen-bond donors (Lipinski definition) is 1. The molecule has 2 rings (SSSR count). The second kappa shape index (κ2) is 5.88. The fraction of sp³-hybridized carbons (Fsp3) is 0.571. The molecule has 1 aromatic carbocycles. The predicted molar refractivity (Wildman–Crippen MR) is 76.4 cm³/mol. The molecular formula is C14H19ClN2O2. The highest BCUT2D eigenvalue weighted by molar-refractivity contribution is 6.32. The first-order valence-electron chi connectivity index (χ1n) is 6.70. The number of nitro benzene ring substituents is 1. The third-order valence-corrected chi connectivity index (χ3v) is 4.52. The molecule has 4 nitrogen and oxygen atoms in total. The molecule has 1 aliphatic carbocycles. The van der Waals surface area contributed by atoms with Crippen LogP contribution < -0.4 is 5.32 Å². The van der Waals surface area contributed by atoms with Gasteiger partial charge in [-0.1, -0.05) is 31.0 Å². The number of hydrogen-bond acceptors (Lipinski definition) is 3. The third-order valence-electron chi connectivity index (χ3n) is 4.20. The van der Waals surface area contributed by atoms with E-state index >= 15 is 0 Å². The van der Waals surface area contributed by atoms with Gasteiger partial charge in [-0.25, -0.2) is 0 Å². The topological polar surface area (TPSA) is 55.2 Å². The summed E-state index contributed by atoms with van der Waals surface area (Å²) < 4.78 is 0. The highest BCUT2D eigenvalue weighted by Crippen LogP contribution is 2.43. The largest absolute Gasteiger partial charge is 0.312 e. The Balaban J connectivity index is 1.93. The van der Waals surface area contributed by atoms with Gasteiger partial charge in [0, 0.05) is 19.2 Å². The average molecular weight is 283 g/mol. The van der Waals surface area contributed by atoms with E-state index in [1.807, 2.05) is 6.07 Å². The third kappa shape index (κ3) is 3.25. The first-order valence-corrected chi connectivity index (χ1v) is 7.08.